The number of rotatable bonds is 2. The van der Waals surface area contributed by atoms with Crippen molar-refractivity contribution in [2.75, 3.05) is 0 Å². The summed E-state index contributed by atoms with van der Waals surface area (Å²) < 4.78 is 0. The Morgan fingerprint density at radius 2 is 2.20 bits per heavy atom. The van der Waals surface area contributed by atoms with E-state index < -0.39 is 0 Å². The highest BCUT2D eigenvalue weighted by Gasteiger charge is 1.81. The van der Waals surface area contributed by atoms with Crippen LogP contribution in [0.15, 0.2) is 23.8 Å². The van der Waals surface area contributed by atoms with Crippen molar-refractivity contribution < 1.29 is 0 Å². The fourth-order valence-corrected chi connectivity index (χ4v) is 0.621. The van der Waals surface area contributed by atoms with E-state index in [0.29, 0.717) is 0 Å². The van der Waals surface area contributed by atoms with Crippen LogP contribution in [0.5, 0.6) is 0 Å². The maximum atomic E-state index is 3.03. The lowest BCUT2D eigenvalue weighted by atomic mass is 10.2. The third-order valence-corrected chi connectivity index (χ3v) is 1.16. The minimum absolute atomic E-state index is 1.02. The molecule has 54 valence electrons. The van der Waals surface area contributed by atoms with Gasteiger partial charge in [0.25, 0.3) is 0 Å². The molecule has 0 spiro atoms. The lowest BCUT2D eigenvalue weighted by molar-refractivity contribution is 1.16. The smallest absolute Gasteiger partial charge is 0.00173 e. The molecular formula is C10H14. The van der Waals surface area contributed by atoms with Crippen LogP contribution in [-0.4, -0.2) is 0 Å². The van der Waals surface area contributed by atoms with E-state index in [1.54, 1.807) is 0 Å². The largest absolute Gasteiger partial charge is 0.102 e. The summed E-state index contributed by atoms with van der Waals surface area (Å²) in [5.41, 5.74) is 1.20. The van der Waals surface area contributed by atoms with Gasteiger partial charge in [0.1, 0.15) is 0 Å². The van der Waals surface area contributed by atoms with E-state index in [4.69, 9.17) is 0 Å². The van der Waals surface area contributed by atoms with Crippen molar-refractivity contribution in [3.05, 3.63) is 23.8 Å². The second kappa shape index (κ2) is 6.16. The Morgan fingerprint density at radius 1 is 1.50 bits per heavy atom. The van der Waals surface area contributed by atoms with E-state index in [0.717, 1.165) is 6.42 Å². The number of allylic oxidation sites excluding steroid dienone is 4. The lowest BCUT2D eigenvalue weighted by Crippen LogP contribution is -1.71. The van der Waals surface area contributed by atoms with Crippen LogP contribution in [-0.2, 0) is 0 Å². The van der Waals surface area contributed by atoms with E-state index >= 15 is 0 Å². The van der Waals surface area contributed by atoms with Gasteiger partial charge in [0, 0.05) is 5.57 Å². The van der Waals surface area contributed by atoms with E-state index in [1.807, 2.05) is 26.0 Å². The molecule has 10 heavy (non-hydrogen) atoms. The Labute approximate surface area is 63.6 Å². The minimum Gasteiger partial charge on any atom is -0.102 e. The highest BCUT2D eigenvalue weighted by Crippen LogP contribution is 1.97. The van der Waals surface area contributed by atoms with Crippen molar-refractivity contribution in [3.8, 4) is 11.8 Å². The average molecular weight is 134 g/mol. The summed E-state index contributed by atoms with van der Waals surface area (Å²) in [7, 11) is 0. The zero-order valence-electron chi connectivity index (χ0n) is 6.94. The van der Waals surface area contributed by atoms with Crippen molar-refractivity contribution in [2.45, 2.75) is 27.2 Å². The Hall–Kier alpha value is -0.960. The molecule has 0 aromatic rings. The van der Waals surface area contributed by atoms with Crippen LogP contribution >= 0.6 is 0 Å². The first-order valence-electron chi connectivity index (χ1n) is 3.59. The van der Waals surface area contributed by atoms with Crippen molar-refractivity contribution in [3.63, 3.8) is 0 Å². The van der Waals surface area contributed by atoms with Gasteiger partial charge < -0.3 is 0 Å². The Kier molecular flexibility index (Phi) is 5.57. The van der Waals surface area contributed by atoms with Gasteiger partial charge in [-0.2, -0.15) is 0 Å². The quantitative estimate of drug-likeness (QED) is 0.402. The van der Waals surface area contributed by atoms with Crippen LogP contribution in [0.3, 0.4) is 0 Å². The molecule has 0 nitrogen and oxygen atoms in total. The predicted molar refractivity (Wildman–Crippen MR) is 46.6 cm³/mol. The van der Waals surface area contributed by atoms with Gasteiger partial charge in [-0.05, 0) is 20.3 Å². The van der Waals surface area contributed by atoms with Crippen molar-refractivity contribution in [1.29, 1.82) is 0 Å². The molecule has 0 fully saturated rings. The van der Waals surface area contributed by atoms with Crippen LogP contribution in [0.25, 0.3) is 0 Å². The molecule has 0 saturated carbocycles. The summed E-state index contributed by atoms with van der Waals surface area (Å²) in [5, 5.41) is 0. The molecule has 0 atom stereocenters. The maximum absolute atomic E-state index is 3.03. The summed E-state index contributed by atoms with van der Waals surface area (Å²) in [6.45, 7) is 5.97. The molecular weight excluding hydrogens is 120 g/mol. The van der Waals surface area contributed by atoms with Crippen molar-refractivity contribution in [1.82, 2.24) is 0 Å². The second-order valence-electron chi connectivity index (χ2n) is 1.95. The van der Waals surface area contributed by atoms with Crippen molar-refractivity contribution >= 4 is 0 Å². The fourth-order valence-electron chi connectivity index (χ4n) is 0.621. The van der Waals surface area contributed by atoms with E-state index in [9.17, 15) is 0 Å². The molecule has 0 aliphatic carbocycles. The summed E-state index contributed by atoms with van der Waals surface area (Å²) in [5.74, 6) is 5.90. The van der Waals surface area contributed by atoms with Gasteiger partial charge in [0.15, 0.2) is 0 Å². The molecule has 0 heteroatoms. The molecule has 0 saturated heterocycles. The molecule has 0 aliphatic rings. The van der Waals surface area contributed by atoms with Gasteiger partial charge in [-0.15, -0.1) is 5.92 Å². The van der Waals surface area contributed by atoms with Crippen LogP contribution in [0.4, 0.5) is 0 Å². The molecule has 0 unspecified atom stereocenters. The average Bonchev–Trinajstić information content (AvgIpc) is 1.98. The molecule has 0 N–H and O–H groups in total. The topological polar surface area (TPSA) is 0 Å². The fraction of sp³-hybridized carbons (Fsp3) is 0.400. The standard InChI is InChI=1S/C10H14/c1-4-7-9-10(6-3)8-5-2/h4,7,9H,6H2,1-3H3/b7-4-,10-9+. The monoisotopic (exact) mass is 134 g/mol. The molecule has 0 aromatic carbocycles. The van der Waals surface area contributed by atoms with Gasteiger partial charge in [-0.25, -0.2) is 0 Å². The Bertz CT molecular complexity index is 184. The summed E-state index contributed by atoms with van der Waals surface area (Å²) in [6.07, 6.45) is 7.10. The zero-order valence-corrected chi connectivity index (χ0v) is 6.94. The Balaban J connectivity index is 4.13. The normalized spacial score (nSPS) is 11.3. The molecule has 0 radical (unpaired) electrons. The lowest BCUT2D eigenvalue weighted by Gasteiger charge is -1.87. The van der Waals surface area contributed by atoms with Gasteiger partial charge in [0.05, 0.1) is 0 Å². The van der Waals surface area contributed by atoms with Gasteiger partial charge >= 0.3 is 0 Å². The number of hydrogen-bond acceptors (Lipinski definition) is 0. The molecule has 0 aliphatic heterocycles. The molecule has 0 amide bonds. The second-order valence-corrected chi connectivity index (χ2v) is 1.95. The maximum Gasteiger partial charge on any atom is 0.00173 e. The minimum atomic E-state index is 1.02. The van der Waals surface area contributed by atoms with Crippen LogP contribution < -0.4 is 0 Å². The SMILES string of the molecule is CC#C/C(=C/C=C\C)CC. The van der Waals surface area contributed by atoms with Crippen LogP contribution in [0.2, 0.25) is 0 Å². The first-order valence-corrected chi connectivity index (χ1v) is 3.59. The first-order chi connectivity index (χ1) is 4.85. The van der Waals surface area contributed by atoms with Gasteiger partial charge in [0.2, 0.25) is 0 Å². The molecule has 0 rings (SSSR count). The molecule has 0 heterocycles. The highest BCUT2D eigenvalue weighted by molar-refractivity contribution is 5.30. The third kappa shape index (κ3) is 3.97. The van der Waals surface area contributed by atoms with E-state index in [1.165, 1.54) is 5.57 Å². The first kappa shape index (κ1) is 9.04. The summed E-state index contributed by atoms with van der Waals surface area (Å²) >= 11 is 0. The predicted octanol–water partition coefficient (Wildman–Crippen LogP) is 2.92. The highest BCUT2D eigenvalue weighted by atomic mass is 13.9. The van der Waals surface area contributed by atoms with Crippen molar-refractivity contribution in [2.24, 2.45) is 0 Å². The van der Waals surface area contributed by atoms with Crippen LogP contribution in [0, 0.1) is 11.8 Å². The number of hydrogen-bond donors (Lipinski definition) is 0. The molecule has 0 bridgehead atoms. The van der Waals surface area contributed by atoms with Gasteiger partial charge in [-0.3, -0.25) is 0 Å². The third-order valence-electron chi connectivity index (χ3n) is 1.16. The van der Waals surface area contributed by atoms with Gasteiger partial charge in [-0.1, -0.05) is 31.1 Å². The zero-order chi connectivity index (χ0) is 7.82. The molecule has 0 aromatic heterocycles. The van der Waals surface area contributed by atoms with Crippen LogP contribution in [0.1, 0.15) is 27.2 Å². The Morgan fingerprint density at radius 3 is 2.60 bits per heavy atom. The summed E-state index contributed by atoms with van der Waals surface area (Å²) in [4.78, 5) is 0. The summed E-state index contributed by atoms with van der Waals surface area (Å²) in [6, 6.07) is 0. The van der Waals surface area contributed by atoms with E-state index in [2.05, 4.69) is 24.8 Å². The van der Waals surface area contributed by atoms with E-state index in [-0.39, 0.29) is 0 Å².